The third-order valence-electron chi connectivity index (χ3n) is 4.39. The standard InChI is InChI=1S/C22H20N4O/c1-15-9-10-19(27-3)18(13-15)24-25-22-21(17-7-5-4-6-8-17)23-20-14-16(2)11-12-26(20)22/h4-14H,1-3H3. The monoisotopic (exact) mass is 356 g/mol. The van der Waals surface area contributed by atoms with Crippen molar-refractivity contribution in [2.75, 3.05) is 7.11 Å². The maximum absolute atomic E-state index is 5.41. The third-order valence-corrected chi connectivity index (χ3v) is 4.39. The van der Waals surface area contributed by atoms with Crippen LogP contribution < -0.4 is 4.74 Å². The number of methoxy groups -OCH3 is 1. The summed E-state index contributed by atoms with van der Waals surface area (Å²) in [5.41, 5.74) is 5.59. The van der Waals surface area contributed by atoms with Crippen molar-refractivity contribution in [1.82, 2.24) is 9.38 Å². The molecule has 0 radical (unpaired) electrons. The second-order valence-corrected chi connectivity index (χ2v) is 6.46. The van der Waals surface area contributed by atoms with Crippen LogP contribution in [0.5, 0.6) is 5.75 Å². The lowest BCUT2D eigenvalue weighted by Crippen LogP contribution is -1.85. The van der Waals surface area contributed by atoms with Crippen molar-refractivity contribution in [1.29, 1.82) is 0 Å². The van der Waals surface area contributed by atoms with E-state index in [-0.39, 0.29) is 0 Å². The predicted molar refractivity (Wildman–Crippen MR) is 107 cm³/mol. The molecule has 2 heterocycles. The number of hydrogen-bond donors (Lipinski definition) is 0. The van der Waals surface area contributed by atoms with Crippen LogP contribution >= 0.6 is 0 Å². The van der Waals surface area contributed by atoms with E-state index in [0.29, 0.717) is 17.3 Å². The molecule has 27 heavy (non-hydrogen) atoms. The van der Waals surface area contributed by atoms with E-state index < -0.39 is 0 Å². The van der Waals surface area contributed by atoms with Crippen LogP contribution in [0.25, 0.3) is 16.9 Å². The number of aryl methyl sites for hydroxylation is 2. The van der Waals surface area contributed by atoms with Gasteiger partial charge in [0.15, 0.2) is 5.82 Å². The van der Waals surface area contributed by atoms with Gasteiger partial charge in [-0.2, -0.15) is 0 Å². The van der Waals surface area contributed by atoms with Gasteiger partial charge in [0.05, 0.1) is 7.11 Å². The zero-order chi connectivity index (χ0) is 18.8. The SMILES string of the molecule is COc1ccc(C)cc1N=Nc1c(-c2ccccc2)nc2cc(C)ccn12. The van der Waals surface area contributed by atoms with Gasteiger partial charge in [-0.15, -0.1) is 10.2 Å². The van der Waals surface area contributed by atoms with Crippen molar-refractivity contribution in [2.24, 2.45) is 10.2 Å². The summed E-state index contributed by atoms with van der Waals surface area (Å²) in [4.78, 5) is 4.79. The fourth-order valence-electron chi connectivity index (χ4n) is 3.00. The summed E-state index contributed by atoms with van der Waals surface area (Å²) in [6.07, 6.45) is 1.98. The largest absolute Gasteiger partial charge is 0.494 e. The Morgan fingerprint density at radius 3 is 2.44 bits per heavy atom. The first-order chi connectivity index (χ1) is 13.2. The molecule has 0 aliphatic heterocycles. The van der Waals surface area contributed by atoms with Crippen LogP contribution in [0, 0.1) is 13.8 Å². The minimum atomic E-state index is 0.690. The number of fused-ring (bicyclic) bond motifs is 1. The molecule has 2 aromatic heterocycles. The van der Waals surface area contributed by atoms with E-state index in [4.69, 9.17) is 9.72 Å². The molecular weight excluding hydrogens is 336 g/mol. The third kappa shape index (κ3) is 3.31. The van der Waals surface area contributed by atoms with Gasteiger partial charge in [-0.05, 0) is 49.2 Å². The highest BCUT2D eigenvalue weighted by Gasteiger charge is 2.14. The van der Waals surface area contributed by atoms with Crippen LogP contribution in [0.2, 0.25) is 0 Å². The van der Waals surface area contributed by atoms with Crippen LogP contribution in [0.1, 0.15) is 11.1 Å². The Hall–Kier alpha value is -3.47. The van der Waals surface area contributed by atoms with Crippen LogP contribution in [-0.4, -0.2) is 16.5 Å². The van der Waals surface area contributed by atoms with Crippen LogP contribution in [0.4, 0.5) is 11.5 Å². The molecule has 0 amide bonds. The lowest BCUT2D eigenvalue weighted by atomic mass is 10.1. The number of rotatable bonds is 4. The fraction of sp³-hybridized carbons (Fsp3) is 0.136. The van der Waals surface area contributed by atoms with Crippen LogP contribution in [-0.2, 0) is 0 Å². The number of azo groups is 1. The smallest absolute Gasteiger partial charge is 0.187 e. The number of hydrogen-bond acceptors (Lipinski definition) is 4. The summed E-state index contributed by atoms with van der Waals surface area (Å²) in [6.45, 7) is 4.07. The molecule has 5 heteroatoms. The number of imidazole rings is 1. The molecular formula is C22H20N4O. The Morgan fingerprint density at radius 1 is 0.889 bits per heavy atom. The summed E-state index contributed by atoms with van der Waals surface area (Å²) >= 11 is 0. The van der Waals surface area contributed by atoms with Gasteiger partial charge in [-0.3, -0.25) is 4.40 Å². The Labute approximate surface area is 158 Å². The maximum atomic E-state index is 5.41. The molecule has 5 nitrogen and oxygen atoms in total. The first kappa shape index (κ1) is 17.0. The molecule has 0 spiro atoms. The van der Waals surface area contributed by atoms with E-state index in [2.05, 4.69) is 17.2 Å². The Bertz CT molecular complexity index is 1130. The summed E-state index contributed by atoms with van der Waals surface area (Å²) in [5, 5.41) is 9.04. The van der Waals surface area contributed by atoms with E-state index in [1.54, 1.807) is 7.11 Å². The number of benzene rings is 2. The van der Waals surface area contributed by atoms with Gasteiger partial charge in [-0.25, -0.2) is 4.98 Å². The molecule has 0 N–H and O–H groups in total. The normalized spacial score (nSPS) is 11.4. The first-order valence-electron chi connectivity index (χ1n) is 8.76. The lowest BCUT2D eigenvalue weighted by molar-refractivity contribution is 0.415. The number of aromatic nitrogens is 2. The molecule has 0 aliphatic rings. The maximum Gasteiger partial charge on any atom is 0.187 e. The predicted octanol–water partition coefficient (Wildman–Crippen LogP) is 6.04. The zero-order valence-corrected chi connectivity index (χ0v) is 15.5. The second kappa shape index (κ2) is 7.03. The molecule has 2 aromatic carbocycles. The van der Waals surface area contributed by atoms with Crippen molar-refractivity contribution in [3.63, 3.8) is 0 Å². The number of pyridine rings is 1. The average Bonchev–Trinajstić information content (AvgIpc) is 3.04. The molecule has 0 aliphatic carbocycles. The van der Waals surface area contributed by atoms with Gasteiger partial charge in [0, 0.05) is 11.8 Å². The molecule has 134 valence electrons. The van der Waals surface area contributed by atoms with Gasteiger partial charge in [0.25, 0.3) is 0 Å². The minimum Gasteiger partial charge on any atom is -0.494 e. The van der Waals surface area contributed by atoms with Gasteiger partial charge in [0.2, 0.25) is 0 Å². The average molecular weight is 356 g/mol. The quantitative estimate of drug-likeness (QED) is 0.418. The number of nitrogens with zero attached hydrogens (tertiary/aromatic N) is 4. The van der Waals surface area contributed by atoms with Crippen molar-refractivity contribution < 1.29 is 4.74 Å². The molecule has 0 atom stereocenters. The van der Waals surface area contributed by atoms with E-state index >= 15 is 0 Å². The highest BCUT2D eigenvalue weighted by atomic mass is 16.5. The topological polar surface area (TPSA) is 51.2 Å². The molecule has 0 unspecified atom stereocenters. The van der Waals surface area contributed by atoms with E-state index in [0.717, 1.165) is 28.0 Å². The highest BCUT2D eigenvalue weighted by molar-refractivity contribution is 5.74. The van der Waals surface area contributed by atoms with Gasteiger partial charge in [0.1, 0.15) is 22.8 Å². The summed E-state index contributed by atoms with van der Waals surface area (Å²) in [7, 11) is 1.64. The van der Waals surface area contributed by atoms with E-state index in [1.807, 2.05) is 78.2 Å². The molecule has 0 saturated heterocycles. The molecule has 4 rings (SSSR count). The van der Waals surface area contributed by atoms with Crippen molar-refractivity contribution >= 4 is 17.2 Å². The summed E-state index contributed by atoms with van der Waals surface area (Å²) < 4.78 is 7.37. The van der Waals surface area contributed by atoms with Crippen molar-refractivity contribution in [3.05, 3.63) is 78.0 Å². The zero-order valence-electron chi connectivity index (χ0n) is 15.5. The van der Waals surface area contributed by atoms with E-state index in [1.165, 1.54) is 0 Å². The van der Waals surface area contributed by atoms with Crippen LogP contribution in [0.3, 0.4) is 0 Å². The second-order valence-electron chi connectivity index (χ2n) is 6.46. The van der Waals surface area contributed by atoms with Crippen molar-refractivity contribution in [3.8, 4) is 17.0 Å². The van der Waals surface area contributed by atoms with Gasteiger partial charge >= 0.3 is 0 Å². The first-order valence-corrected chi connectivity index (χ1v) is 8.76. The Morgan fingerprint density at radius 2 is 1.67 bits per heavy atom. The Balaban J connectivity index is 1.89. The van der Waals surface area contributed by atoms with Crippen molar-refractivity contribution in [2.45, 2.75) is 13.8 Å². The van der Waals surface area contributed by atoms with Crippen LogP contribution in [0.15, 0.2) is 77.1 Å². The summed E-state index contributed by atoms with van der Waals surface area (Å²) in [5.74, 6) is 1.38. The summed E-state index contributed by atoms with van der Waals surface area (Å²) in [6, 6.07) is 20.0. The molecule has 0 saturated carbocycles. The fourth-order valence-corrected chi connectivity index (χ4v) is 3.00. The molecule has 0 bridgehead atoms. The van der Waals surface area contributed by atoms with Gasteiger partial charge in [-0.1, -0.05) is 36.4 Å². The van der Waals surface area contributed by atoms with Gasteiger partial charge < -0.3 is 4.74 Å². The number of ether oxygens (including phenoxy) is 1. The highest BCUT2D eigenvalue weighted by Crippen LogP contribution is 2.34. The minimum absolute atomic E-state index is 0.690. The molecule has 4 aromatic rings. The lowest BCUT2D eigenvalue weighted by Gasteiger charge is -2.04. The Kier molecular flexibility index (Phi) is 4.42. The molecule has 0 fully saturated rings. The van der Waals surface area contributed by atoms with E-state index in [9.17, 15) is 0 Å².